The highest BCUT2D eigenvalue weighted by Gasteiger charge is 2.67. The summed E-state index contributed by atoms with van der Waals surface area (Å²) >= 11 is 0. The molecular formula is C25H25N3O6. The number of methoxy groups -OCH3 is 2. The Bertz CT molecular complexity index is 1170. The Kier molecular flexibility index (Phi) is 5.28. The molecular weight excluding hydrogens is 438 g/mol. The van der Waals surface area contributed by atoms with Crippen LogP contribution in [-0.2, 0) is 19.1 Å². The van der Waals surface area contributed by atoms with Gasteiger partial charge in [-0.15, -0.1) is 0 Å². The summed E-state index contributed by atoms with van der Waals surface area (Å²) in [5.41, 5.74) is 0.994. The van der Waals surface area contributed by atoms with Crippen LogP contribution in [0.4, 0.5) is 17.1 Å². The minimum Gasteiger partial charge on any atom is -0.497 e. The van der Waals surface area contributed by atoms with E-state index in [1.54, 1.807) is 47.4 Å². The summed E-state index contributed by atoms with van der Waals surface area (Å²) in [5, 5.41) is 5.62. The predicted octanol–water partition coefficient (Wildman–Crippen LogP) is 2.59. The molecule has 176 valence electrons. The number of ether oxygens (including phenoxy) is 3. The van der Waals surface area contributed by atoms with E-state index < -0.39 is 23.5 Å². The minimum atomic E-state index is -0.841. The maximum Gasteiger partial charge on any atom is 0.234 e. The van der Waals surface area contributed by atoms with Gasteiger partial charge in [-0.05, 0) is 24.3 Å². The summed E-state index contributed by atoms with van der Waals surface area (Å²) in [6.07, 6.45) is 3.30. The third kappa shape index (κ3) is 3.58. The molecule has 4 atom stereocenters. The van der Waals surface area contributed by atoms with Crippen LogP contribution >= 0.6 is 0 Å². The van der Waals surface area contributed by atoms with Gasteiger partial charge in [-0.25, -0.2) is 0 Å². The molecule has 9 heteroatoms. The summed E-state index contributed by atoms with van der Waals surface area (Å²) in [5.74, 6) is -0.850. The molecule has 0 radical (unpaired) electrons. The van der Waals surface area contributed by atoms with E-state index >= 15 is 0 Å². The van der Waals surface area contributed by atoms with Crippen LogP contribution < -0.4 is 25.0 Å². The summed E-state index contributed by atoms with van der Waals surface area (Å²) in [6, 6.07) is 12.1. The smallest absolute Gasteiger partial charge is 0.234 e. The van der Waals surface area contributed by atoms with Crippen LogP contribution in [0, 0.1) is 11.8 Å². The van der Waals surface area contributed by atoms with Crippen molar-refractivity contribution in [2.45, 2.75) is 18.6 Å². The van der Waals surface area contributed by atoms with E-state index in [1.165, 1.54) is 21.1 Å². The first-order valence-electron chi connectivity index (χ1n) is 10.9. The van der Waals surface area contributed by atoms with Crippen molar-refractivity contribution in [3.63, 3.8) is 0 Å². The lowest BCUT2D eigenvalue weighted by Gasteiger charge is -2.23. The molecule has 2 saturated heterocycles. The molecule has 0 unspecified atom stereocenters. The molecule has 34 heavy (non-hydrogen) atoms. The fourth-order valence-electron chi connectivity index (χ4n) is 5.05. The number of benzene rings is 2. The van der Waals surface area contributed by atoms with Crippen molar-refractivity contribution in [1.82, 2.24) is 0 Å². The molecule has 2 aromatic carbocycles. The second-order valence-corrected chi connectivity index (χ2v) is 8.64. The molecule has 3 aliphatic rings. The van der Waals surface area contributed by atoms with Gasteiger partial charge in [0.2, 0.25) is 17.7 Å². The summed E-state index contributed by atoms with van der Waals surface area (Å²) in [4.78, 5) is 39.8. The summed E-state index contributed by atoms with van der Waals surface area (Å²) in [6.45, 7) is 1.75. The Labute approximate surface area is 196 Å². The third-order valence-electron chi connectivity index (χ3n) is 6.52. The zero-order valence-electron chi connectivity index (χ0n) is 19.0. The second kappa shape index (κ2) is 8.18. The Balaban J connectivity index is 1.38. The quantitative estimate of drug-likeness (QED) is 0.638. The topological polar surface area (TPSA) is 106 Å². The molecule has 3 heterocycles. The highest BCUT2D eigenvalue weighted by molar-refractivity contribution is 6.05. The fourth-order valence-corrected chi connectivity index (χ4v) is 5.05. The number of hydrogen-bond donors (Lipinski definition) is 2. The first-order chi connectivity index (χ1) is 16.3. The van der Waals surface area contributed by atoms with Crippen LogP contribution in [-0.4, -0.2) is 50.2 Å². The SMILES string of the molecule is COc1cc(NC(=O)[C@H]2[C@@H]3C=C[C@@]4(CN(c5ccc(NC(C)=O)cc5)C(=O)[C@H]24)O3)cc(OC)c1. The van der Waals surface area contributed by atoms with Crippen molar-refractivity contribution in [3.05, 3.63) is 54.6 Å². The van der Waals surface area contributed by atoms with Gasteiger partial charge in [0, 0.05) is 42.2 Å². The number of anilines is 3. The van der Waals surface area contributed by atoms with E-state index in [4.69, 9.17) is 14.2 Å². The molecule has 5 rings (SSSR count). The molecule has 3 amide bonds. The first-order valence-corrected chi connectivity index (χ1v) is 10.9. The number of fused-ring (bicyclic) bond motifs is 1. The third-order valence-corrected chi connectivity index (χ3v) is 6.52. The molecule has 2 aromatic rings. The van der Waals surface area contributed by atoms with Crippen molar-refractivity contribution in [2.75, 3.05) is 36.3 Å². The Morgan fingerprint density at radius 1 is 1.03 bits per heavy atom. The normalized spacial score (nSPS) is 26.4. The predicted molar refractivity (Wildman–Crippen MR) is 125 cm³/mol. The highest BCUT2D eigenvalue weighted by atomic mass is 16.5. The van der Waals surface area contributed by atoms with Gasteiger partial charge >= 0.3 is 0 Å². The lowest BCUT2D eigenvalue weighted by molar-refractivity contribution is -0.128. The standard InChI is InChI=1S/C25H25N3O6/c1-14(29)26-15-4-6-17(7-5-15)28-13-25-9-8-20(34-25)21(22(25)24(28)31)23(30)27-16-10-18(32-2)12-19(11-16)33-3/h4-12,20-22H,13H2,1-3H3,(H,26,29)(H,27,30)/t20-,21-,22-,25-/m0/s1. The molecule has 2 bridgehead atoms. The van der Waals surface area contributed by atoms with Gasteiger partial charge in [0.15, 0.2) is 0 Å². The van der Waals surface area contributed by atoms with E-state index in [0.29, 0.717) is 35.1 Å². The Morgan fingerprint density at radius 2 is 1.71 bits per heavy atom. The van der Waals surface area contributed by atoms with Gasteiger partial charge in [-0.3, -0.25) is 14.4 Å². The number of amides is 3. The van der Waals surface area contributed by atoms with Crippen molar-refractivity contribution in [2.24, 2.45) is 11.8 Å². The van der Waals surface area contributed by atoms with Gasteiger partial charge in [0.1, 0.15) is 17.1 Å². The van der Waals surface area contributed by atoms with Gasteiger partial charge in [-0.1, -0.05) is 12.2 Å². The minimum absolute atomic E-state index is 0.164. The number of rotatable bonds is 6. The number of nitrogens with zero attached hydrogens (tertiary/aromatic N) is 1. The van der Waals surface area contributed by atoms with Crippen molar-refractivity contribution in [1.29, 1.82) is 0 Å². The van der Waals surface area contributed by atoms with Gasteiger partial charge < -0.3 is 29.7 Å². The van der Waals surface area contributed by atoms with E-state index in [1.807, 2.05) is 12.2 Å². The molecule has 0 aliphatic carbocycles. The average molecular weight is 463 g/mol. The van der Waals surface area contributed by atoms with Gasteiger partial charge in [-0.2, -0.15) is 0 Å². The van der Waals surface area contributed by atoms with Crippen molar-refractivity contribution >= 4 is 34.8 Å². The molecule has 2 N–H and O–H groups in total. The highest BCUT2D eigenvalue weighted by Crippen LogP contribution is 2.53. The van der Waals surface area contributed by atoms with Crippen molar-refractivity contribution < 1.29 is 28.6 Å². The summed E-state index contributed by atoms with van der Waals surface area (Å²) < 4.78 is 16.8. The van der Waals surface area contributed by atoms with Crippen LogP contribution in [0.2, 0.25) is 0 Å². The summed E-state index contributed by atoms with van der Waals surface area (Å²) in [7, 11) is 3.07. The van der Waals surface area contributed by atoms with E-state index in [-0.39, 0.29) is 17.7 Å². The molecule has 0 aromatic heterocycles. The molecule has 9 nitrogen and oxygen atoms in total. The maximum atomic E-state index is 13.5. The Hall–Kier alpha value is -3.85. The van der Waals surface area contributed by atoms with Crippen LogP contribution in [0.15, 0.2) is 54.6 Å². The van der Waals surface area contributed by atoms with Crippen LogP contribution in [0.25, 0.3) is 0 Å². The molecule has 1 spiro atoms. The molecule has 2 fully saturated rings. The van der Waals surface area contributed by atoms with Crippen LogP contribution in [0.5, 0.6) is 11.5 Å². The first kappa shape index (κ1) is 22.0. The lowest BCUT2D eigenvalue weighted by Crippen LogP contribution is -2.41. The number of carbonyl (C=O) groups is 3. The number of carbonyl (C=O) groups excluding carboxylic acids is 3. The van der Waals surface area contributed by atoms with E-state index in [0.717, 1.165) is 0 Å². The van der Waals surface area contributed by atoms with Crippen LogP contribution in [0.3, 0.4) is 0 Å². The van der Waals surface area contributed by atoms with E-state index in [2.05, 4.69) is 10.6 Å². The lowest BCUT2D eigenvalue weighted by atomic mass is 9.77. The zero-order valence-corrected chi connectivity index (χ0v) is 19.0. The molecule has 3 aliphatic heterocycles. The average Bonchev–Trinajstić information content (AvgIpc) is 3.47. The van der Waals surface area contributed by atoms with Gasteiger partial charge in [0.25, 0.3) is 0 Å². The van der Waals surface area contributed by atoms with E-state index in [9.17, 15) is 14.4 Å². The van der Waals surface area contributed by atoms with Crippen molar-refractivity contribution in [3.8, 4) is 11.5 Å². The zero-order chi connectivity index (χ0) is 24.0. The monoisotopic (exact) mass is 463 g/mol. The fraction of sp³-hybridized carbons (Fsp3) is 0.320. The largest absolute Gasteiger partial charge is 0.497 e. The van der Waals surface area contributed by atoms with Crippen LogP contribution in [0.1, 0.15) is 6.92 Å². The maximum absolute atomic E-state index is 13.5. The number of hydrogen-bond acceptors (Lipinski definition) is 6. The number of nitrogens with one attached hydrogen (secondary N) is 2. The molecule has 0 saturated carbocycles. The Morgan fingerprint density at radius 3 is 2.32 bits per heavy atom. The second-order valence-electron chi connectivity index (χ2n) is 8.64. The van der Waals surface area contributed by atoms with Gasteiger partial charge in [0.05, 0.1) is 38.7 Å².